The van der Waals surface area contributed by atoms with Crippen LogP contribution in [0, 0.1) is 17.8 Å². The third-order valence-corrected chi connectivity index (χ3v) is 4.30. The van der Waals surface area contributed by atoms with E-state index in [1.165, 1.54) is 6.42 Å². The Hall–Kier alpha value is -0.610. The van der Waals surface area contributed by atoms with Crippen molar-refractivity contribution in [3.05, 3.63) is 0 Å². The van der Waals surface area contributed by atoms with Crippen LogP contribution in [0.15, 0.2) is 0 Å². The first-order chi connectivity index (χ1) is 11.0. The van der Waals surface area contributed by atoms with E-state index in [9.17, 15) is 4.79 Å². The molecule has 0 atom stereocenters. The smallest absolute Gasteiger partial charge is 0.309 e. The fourth-order valence-corrected chi connectivity index (χ4v) is 2.62. The van der Waals surface area contributed by atoms with Gasteiger partial charge in [0.1, 0.15) is 6.61 Å². The Morgan fingerprint density at radius 2 is 1.43 bits per heavy atom. The summed E-state index contributed by atoms with van der Waals surface area (Å²) in [5.74, 6) is 1.19. The van der Waals surface area contributed by atoms with Gasteiger partial charge in [-0.2, -0.15) is 0 Å². The lowest BCUT2D eigenvalue weighted by molar-refractivity contribution is -0.187. The van der Waals surface area contributed by atoms with E-state index in [-0.39, 0.29) is 18.5 Å². The molecule has 4 nitrogen and oxygen atoms in total. The minimum atomic E-state index is -0.431. The van der Waals surface area contributed by atoms with Gasteiger partial charge in [-0.05, 0) is 37.5 Å². The summed E-state index contributed by atoms with van der Waals surface area (Å²) >= 11 is 0. The van der Waals surface area contributed by atoms with Crippen LogP contribution in [0.2, 0.25) is 0 Å². The van der Waals surface area contributed by atoms with E-state index in [1.54, 1.807) is 0 Å². The van der Waals surface area contributed by atoms with Crippen molar-refractivity contribution in [3.8, 4) is 0 Å². The summed E-state index contributed by atoms with van der Waals surface area (Å²) in [5, 5.41) is 0. The van der Waals surface area contributed by atoms with E-state index in [2.05, 4.69) is 27.7 Å². The van der Waals surface area contributed by atoms with Crippen LogP contribution < -0.4 is 0 Å². The highest BCUT2D eigenvalue weighted by atomic mass is 16.7. The van der Waals surface area contributed by atoms with Gasteiger partial charge in [0.05, 0.1) is 19.1 Å². The molecule has 0 radical (unpaired) electrons. The van der Waals surface area contributed by atoms with Crippen LogP contribution in [0.25, 0.3) is 0 Å². The third kappa shape index (κ3) is 9.98. The quantitative estimate of drug-likeness (QED) is 0.412. The first-order valence-corrected chi connectivity index (χ1v) is 9.38. The number of carbonyl (C=O) groups excluding carboxylic acids is 1. The molecule has 0 amide bonds. The first kappa shape index (κ1) is 20.4. The fraction of sp³-hybridized carbons (Fsp3) is 0.947. The summed E-state index contributed by atoms with van der Waals surface area (Å²) in [5.41, 5.74) is 0. The Labute approximate surface area is 142 Å². The number of hydrogen-bond acceptors (Lipinski definition) is 4. The van der Waals surface area contributed by atoms with Gasteiger partial charge in [-0.1, -0.05) is 47.0 Å². The highest BCUT2D eigenvalue weighted by molar-refractivity contribution is 5.72. The Kier molecular flexibility index (Phi) is 10.5. The monoisotopic (exact) mass is 328 g/mol. The number of rotatable bonds is 11. The second kappa shape index (κ2) is 11.9. The van der Waals surface area contributed by atoms with Gasteiger partial charge in [0.25, 0.3) is 0 Å². The van der Waals surface area contributed by atoms with Gasteiger partial charge < -0.3 is 14.2 Å². The SMILES string of the molecule is CC(C)CCOC(COC(=O)C1CCCCC1)OCCC(C)C. The van der Waals surface area contributed by atoms with Gasteiger partial charge in [0.2, 0.25) is 0 Å². The molecule has 0 aromatic heterocycles. The van der Waals surface area contributed by atoms with Gasteiger partial charge in [-0.15, -0.1) is 0 Å². The molecular weight excluding hydrogens is 292 g/mol. The van der Waals surface area contributed by atoms with Crippen LogP contribution in [-0.2, 0) is 19.0 Å². The minimum Gasteiger partial charge on any atom is -0.460 e. The van der Waals surface area contributed by atoms with Gasteiger partial charge in [0.15, 0.2) is 6.29 Å². The van der Waals surface area contributed by atoms with Crippen molar-refractivity contribution in [1.29, 1.82) is 0 Å². The van der Waals surface area contributed by atoms with Crippen LogP contribution in [0.1, 0.15) is 72.6 Å². The zero-order valence-electron chi connectivity index (χ0n) is 15.5. The predicted molar refractivity (Wildman–Crippen MR) is 92.1 cm³/mol. The average molecular weight is 328 g/mol. The molecule has 0 spiro atoms. The van der Waals surface area contributed by atoms with Crippen LogP contribution in [0.4, 0.5) is 0 Å². The molecule has 1 fully saturated rings. The lowest BCUT2D eigenvalue weighted by Gasteiger charge is -2.23. The molecule has 1 rings (SSSR count). The van der Waals surface area contributed by atoms with Gasteiger partial charge >= 0.3 is 5.97 Å². The number of carbonyl (C=O) groups is 1. The second-order valence-corrected chi connectivity index (χ2v) is 7.50. The first-order valence-electron chi connectivity index (χ1n) is 9.38. The van der Waals surface area contributed by atoms with Crippen molar-refractivity contribution in [2.45, 2.75) is 78.9 Å². The van der Waals surface area contributed by atoms with Crippen LogP contribution >= 0.6 is 0 Å². The molecule has 136 valence electrons. The molecular formula is C19H36O4. The van der Waals surface area contributed by atoms with Crippen molar-refractivity contribution in [1.82, 2.24) is 0 Å². The largest absolute Gasteiger partial charge is 0.460 e. The topological polar surface area (TPSA) is 44.8 Å². The molecule has 0 aromatic carbocycles. The maximum atomic E-state index is 12.1. The Morgan fingerprint density at radius 1 is 0.913 bits per heavy atom. The molecule has 4 heteroatoms. The maximum Gasteiger partial charge on any atom is 0.309 e. The van der Waals surface area contributed by atoms with Gasteiger partial charge in [-0.25, -0.2) is 0 Å². The van der Waals surface area contributed by atoms with Crippen molar-refractivity contribution >= 4 is 5.97 Å². The highest BCUT2D eigenvalue weighted by Crippen LogP contribution is 2.24. The molecule has 1 saturated carbocycles. The van der Waals surface area contributed by atoms with E-state index in [4.69, 9.17) is 14.2 Å². The van der Waals surface area contributed by atoms with Crippen molar-refractivity contribution < 1.29 is 19.0 Å². The van der Waals surface area contributed by atoms with E-state index in [0.29, 0.717) is 25.0 Å². The molecule has 1 aliphatic carbocycles. The zero-order valence-corrected chi connectivity index (χ0v) is 15.5. The number of esters is 1. The Balaban J connectivity index is 2.32. The summed E-state index contributed by atoms with van der Waals surface area (Å²) in [6, 6.07) is 0. The molecule has 0 saturated heterocycles. The number of ether oxygens (including phenoxy) is 3. The zero-order chi connectivity index (χ0) is 17.1. The summed E-state index contributed by atoms with van der Waals surface area (Å²) in [7, 11) is 0. The standard InChI is InChI=1S/C19H36O4/c1-15(2)10-12-21-18(22-13-11-16(3)4)14-23-19(20)17-8-6-5-7-9-17/h15-18H,5-14H2,1-4H3. The molecule has 0 unspecified atom stereocenters. The lowest BCUT2D eigenvalue weighted by atomic mass is 9.89. The second-order valence-electron chi connectivity index (χ2n) is 7.50. The predicted octanol–water partition coefficient (Wildman–Crippen LogP) is 4.56. The van der Waals surface area contributed by atoms with Gasteiger partial charge in [0, 0.05) is 0 Å². The average Bonchev–Trinajstić information content (AvgIpc) is 2.52. The molecule has 0 bridgehead atoms. The number of hydrogen-bond donors (Lipinski definition) is 0. The van der Waals surface area contributed by atoms with Crippen molar-refractivity contribution in [3.63, 3.8) is 0 Å². The van der Waals surface area contributed by atoms with E-state index >= 15 is 0 Å². The maximum absolute atomic E-state index is 12.1. The molecule has 1 aliphatic rings. The van der Waals surface area contributed by atoms with Crippen molar-refractivity contribution in [2.24, 2.45) is 17.8 Å². The van der Waals surface area contributed by atoms with E-state index in [1.807, 2.05) is 0 Å². The molecule has 23 heavy (non-hydrogen) atoms. The summed E-state index contributed by atoms with van der Waals surface area (Å²) in [6.45, 7) is 10.2. The van der Waals surface area contributed by atoms with Crippen molar-refractivity contribution in [2.75, 3.05) is 19.8 Å². The lowest BCUT2D eigenvalue weighted by Crippen LogP contribution is -2.29. The van der Waals surface area contributed by atoms with Gasteiger partial charge in [-0.3, -0.25) is 4.79 Å². The molecule has 0 N–H and O–H groups in total. The summed E-state index contributed by atoms with van der Waals surface area (Å²) in [4.78, 5) is 12.1. The summed E-state index contributed by atoms with van der Waals surface area (Å²) in [6.07, 6.45) is 6.99. The Bertz CT molecular complexity index is 294. The highest BCUT2D eigenvalue weighted by Gasteiger charge is 2.23. The van der Waals surface area contributed by atoms with Crippen LogP contribution in [-0.4, -0.2) is 32.1 Å². The third-order valence-electron chi connectivity index (χ3n) is 4.30. The van der Waals surface area contributed by atoms with E-state index < -0.39 is 6.29 Å². The van der Waals surface area contributed by atoms with Crippen LogP contribution in [0.5, 0.6) is 0 Å². The minimum absolute atomic E-state index is 0.0744. The van der Waals surface area contributed by atoms with E-state index in [0.717, 1.165) is 38.5 Å². The summed E-state index contributed by atoms with van der Waals surface area (Å²) < 4.78 is 17.0. The normalized spacial score (nSPS) is 16.5. The molecule has 0 heterocycles. The molecule has 0 aliphatic heterocycles. The molecule has 0 aromatic rings. The fourth-order valence-electron chi connectivity index (χ4n) is 2.62. The Morgan fingerprint density at radius 3 is 1.91 bits per heavy atom. The van der Waals surface area contributed by atoms with Crippen LogP contribution in [0.3, 0.4) is 0 Å².